The van der Waals surface area contributed by atoms with Crippen LogP contribution in [-0.4, -0.2) is 13.2 Å². The Bertz CT molecular complexity index is 1290. The second-order valence-corrected chi connectivity index (χ2v) is 9.12. The molecule has 3 aromatic carbocycles. The molecule has 0 N–H and O–H groups in total. The van der Waals surface area contributed by atoms with Crippen LogP contribution in [0.25, 0.3) is 0 Å². The van der Waals surface area contributed by atoms with Gasteiger partial charge in [0.1, 0.15) is 6.61 Å². The highest BCUT2D eigenvalue weighted by Crippen LogP contribution is 2.43. The molecule has 0 unspecified atom stereocenters. The summed E-state index contributed by atoms with van der Waals surface area (Å²) >= 11 is 0. The Balaban J connectivity index is 1.42. The summed E-state index contributed by atoms with van der Waals surface area (Å²) in [6, 6.07) is 8.08. The number of benzene rings is 3. The highest BCUT2D eigenvalue weighted by atomic mass is 19.2. The molecular formula is C29H28F6O3. The van der Waals surface area contributed by atoms with E-state index in [0.717, 1.165) is 6.07 Å². The van der Waals surface area contributed by atoms with E-state index in [1.54, 1.807) is 13.8 Å². The molecule has 0 saturated heterocycles. The summed E-state index contributed by atoms with van der Waals surface area (Å²) in [5, 5.41) is 0. The summed E-state index contributed by atoms with van der Waals surface area (Å²) < 4.78 is 102. The number of ether oxygens (including phenoxy) is 3. The van der Waals surface area contributed by atoms with Gasteiger partial charge in [-0.2, -0.15) is 13.2 Å². The lowest BCUT2D eigenvalue weighted by molar-refractivity contribution is 0.268. The zero-order valence-electron chi connectivity index (χ0n) is 21.1. The molecule has 0 spiro atoms. The van der Waals surface area contributed by atoms with Crippen LogP contribution in [0.2, 0.25) is 0 Å². The van der Waals surface area contributed by atoms with Gasteiger partial charge in [-0.05, 0) is 80.7 Å². The quantitative estimate of drug-likeness (QED) is 0.256. The third-order valence-electron chi connectivity index (χ3n) is 6.87. The molecule has 1 saturated carbocycles. The van der Waals surface area contributed by atoms with Gasteiger partial charge in [0.25, 0.3) is 0 Å². The SMILES string of the molecule is CCOc1ccc(OCc2ccc(C3CCC(c4ccc(OCC)c(F)c4F)CC3)c(F)c2F)c(F)c1F. The Kier molecular flexibility index (Phi) is 8.74. The van der Waals surface area contributed by atoms with Gasteiger partial charge in [-0.1, -0.05) is 18.2 Å². The van der Waals surface area contributed by atoms with Crippen molar-refractivity contribution in [3.63, 3.8) is 0 Å². The standard InChI is InChI=1S/C29H28F6O3/c1-3-36-21-12-11-20(26(32)27(21)33)17-7-5-16(6-8-17)19-10-9-18(24(30)25(19)31)15-38-23-14-13-22(37-4-2)28(34)29(23)35/h9-14,16-17H,3-8,15H2,1-2H3. The molecule has 1 fully saturated rings. The summed E-state index contributed by atoms with van der Waals surface area (Å²) in [6.45, 7) is 3.15. The first-order valence-corrected chi connectivity index (χ1v) is 12.6. The van der Waals surface area contributed by atoms with E-state index in [0.29, 0.717) is 25.7 Å². The van der Waals surface area contributed by atoms with Crippen LogP contribution < -0.4 is 14.2 Å². The molecule has 3 aromatic rings. The van der Waals surface area contributed by atoms with E-state index in [2.05, 4.69) is 0 Å². The monoisotopic (exact) mass is 538 g/mol. The van der Waals surface area contributed by atoms with Crippen molar-refractivity contribution in [3.8, 4) is 17.2 Å². The van der Waals surface area contributed by atoms with E-state index in [1.165, 1.54) is 30.3 Å². The average molecular weight is 539 g/mol. The van der Waals surface area contributed by atoms with Gasteiger partial charge in [-0.3, -0.25) is 0 Å². The van der Waals surface area contributed by atoms with E-state index in [9.17, 15) is 22.0 Å². The molecule has 4 rings (SSSR count). The Labute approximate surface area is 217 Å². The maximum Gasteiger partial charge on any atom is 0.204 e. The normalized spacial score (nSPS) is 17.4. The number of hydrogen-bond donors (Lipinski definition) is 0. The van der Waals surface area contributed by atoms with Gasteiger partial charge in [0.15, 0.2) is 34.7 Å². The maximum atomic E-state index is 15.0. The van der Waals surface area contributed by atoms with Crippen LogP contribution in [0.4, 0.5) is 26.3 Å². The third kappa shape index (κ3) is 5.56. The van der Waals surface area contributed by atoms with Gasteiger partial charge in [0.05, 0.1) is 13.2 Å². The van der Waals surface area contributed by atoms with E-state index < -0.39 is 47.3 Å². The zero-order chi connectivity index (χ0) is 27.4. The molecule has 1 aliphatic rings. The fourth-order valence-electron chi connectivity index (χ4n) is 4.92. The summed E-state index contributed by atoms with van der Waals surface area (Å²) in [6.07, 6.45) is 1.87. The topological polar surface area (TPSA) is 27.7 Å². The zero-order valence-corrected chi connectivity index (χ0v) is 21.1. The van der Waals surface area contributed by atoms with Gasteiger partial charge in [-0.15, -0.1) is 0 Å². The van der Waals surface area contributed by atoms with Crippen LogP contribution in [0.15, 0.2) is 36.4 Å². The highest BCUT2D eigenvalue weighted by Gasteiger charge is 2.30. The lowest BCUT2D eigenvalue weighted by Crippen LogP contribution is -2.16. The molecular weight excluding hydrogens is 510 g/mol. The first kappa shape index (κ1) is 27.7. The van der Waals surface area contributed by atoms with Crippen LogP contribution in [0.3, 0.4) is 0 Å². The molecule has 38 heavy (non-hydrogen) atoms. The van der Waals surface area contributed by atoms with Crippen LogP contribution >= 0.6 is 0 Å². The summed E-state index contributed by atoms with van der Waals surface area (Å²) in [5.41, 5.74) is 0.281. The van der Waals surface area contributed by atoms with Crippen LogP contribution in [-0.2, 0) is 6.61 Å². The van der Waals surface area contributed by atoms with Crippen molar-refractivity contribution in [3.05, 3.63) is 88.0 Å². The van der Waals surface area contributed by atoms with Crippen molar-refractivity contribution in [2.24, 2.45) is 0 Å². The molecule has 0 amide bonds. The minimum Gasteiger partial charge on any atom is -0.491 e. The molecule has 0 aliphatic heterocycles. The van der Waals surface area contributed by atoms with E-state index in [4.69, 9.17) is 14.2 Å². The summed E-state index contributed by atoms with van der Waals surface area (Å²) in [7, 11) is 0. The Morgan fingerprint density at radius 3 is 1.42 bits per heavy atom. The highest BCUT2D eigenvalue weighted by molar-refractivity contribution is 5.36. The van der Waals surface area contributed by atoms with E-state index >= 15 is 4.39 Å². The third-order valence-corrected chi connectivity index (χ3v) is 6.87. The molecule has 204 valence electrons. The van der Waals surface area contributed by atoms with Crippen molar-refractivity contribution in [2.45, 2.75) is 58.0 Å². The number of rotatable bonds is 9. The minimum atomic E-state index is -1.28. The second-order valence-electron chi connectivity index (χ2n) is 9.12. The van der Waals surface area contributed by atoms with Crippen molar-refractivity contribution in [2.75, 3.05) is 13.2 Å². The molecule has 3 nitrogen and oxygen atoms in total. The fraction of sp³-hybridized carbons (Fsp3) is 0.379. The maximum absolute atomic E-state index is 15.0. The largest absolute Gasteiger partial charge is 0.491 e. The lowest BCUT2D eigenvalue weighted by Gasteiger charge is -2.30. The second kappa shape index (κ2) is 12.0. The Morgan fingerprint density at radius 2 is 0.921 bits per heavy atom. The van der Waals surface area contributed by atoms with E-state index in [-0.39, 0.29) is 53.2 Å². The molecule has 0 aromatic heterocycles. The van der Waals surface area contributed by atoms with Crippen LogP contribution in [0.5, 0.6) is 17.2 Å². The van der Waals surface area contributed by atoms with Gasteiger partial charge >= 0.3 is 0 Å². The van der Waals surface area contributed by atoms with Gasteiger partial charge in [-0.25, -0.2) is 13.2 Å². The number of halogens is 6. The molecule has 0 heterocycles. The van der Waals surface area contributed by atoms with Crippen molar-refractivity contribution in [1.82, 2.24) is 0 Å². The van der Waals surface area contributed by atoms with E-state index in [1.807, 2.05) is 0 Å². The van der Waals surface area contributed by atoms with Gasteiger partial charge in [0.2, 0.25) is 17.5 Å². The predicted octanol–water partition coefficient (Wildman–Crippen LogP) is 8.34. The van der Waals surface area contributed by atoms with Crippen molar-refractivity contribution >= 4 is 0 Å². The smallest absolute Gasteiger partial charge is 0.204 e. The average Bonchev–Trinajstić information content (AvgIpc) is 2.92. The van der Waals surface area contributed by atoms with Crippen molar-refractivity contribution in [1.29, 1.82) is 0 Å². The lowest BCUT2D eigenvalue weighted by atomic mass is 9.75. The molecule has 9 heteroatoms. The molecule has 0 radical (unpaired) electrons. The predicted molar refractivity (Wildman–Crippen MR) is 130 cm³/mol. The Hall–Kier alpha value is -3.36. The summed E-state index contributed by atoms with van der Waals surface area (Å²) in [4.78, 5) is 0. The van der Waals surface area contributed by atoms with Crippen LogP contribution in [0.1, 0.15) is 68.1 Å². The molecule has 1 aliphatic carbocycles. The molecule has 0 atom stereocenters. The van der Waals surface area contributed by atoms with Crippen molar-refractivity contribution < 1.29 is 40.6 Å². The summed E-state index contributed by atoms with van der Waals surface area (Å²) in [5.74, 6) is -8.05. The molecule has 0 bridgehead atoms. The number of hydrogen-bond acceptors (Lipinski definition) is 3. The fourth-order valence-corrected chi connectivity index (χ4v) is 4.92. The Morgan fingerprint density at radius 1 is 0.526 bits per heavy atom. The first-order valence-electron chi connectivity index (χ1n) is 12.6. The van der Waals surface area contributed by atoms with Gasteiger partial charge < -0.3 is 14.2 Å². The first-order chi connectivity index (χ1) is 18.3. The van der Waals surface area contributed by atoms with Gasteiger partial charge in [0, 0.05) is 5.56 Å². The van der Waals surface area contributed by atoms with Crippen LogP contribution in [0, 0.1) is 34.9 Å². The minimum absolute atomic E-state index is 0.139.